The monoisotopic (exact) mass is 286 g/mol. The van der Waals surface area contributed by atoms with Gasteiger partial charge >= 0.3 is 0 Å². The van der Waals surface area contributed by atoms with Crippen molar-refractivity contribution in [3.05, 3.63) is 59.3 Å². The van der Waals surface area contributed by atoms with Crippen LogP contribution in [0, 0.1) is 17.1 Å². The molecule has 108 valence electrons. The summed E-state index contributed by atoms with van der Waals surface area (Å²) in [5.41, 5.74) is -0.234. The molecule has 0 saturated carbocycles. The molecule has 21 heavy (non-hydrogen) atoms. The van der Waals surface area contributed by atoms with Gasteiger partial charge in [-0.2, -0.15) is 5.26 Å². The van der Waals surface area contributed by atoms with Crippen molar-refractivity contribution in [3.63, 3.8) is 0 Å². The molecule has 1 saturated heterocycles. The maximum absolute atomic E-state index is 13.0. The Balaban J connectivity index is 1.69. The molecule has 0 spiro atoms. The molecule has 0 aliphatic carbocycles. The van der Waals surface area contributed by atoms with E-state index in [2.05, 4.69) is 4.90 Å². The number of furan rings is 1. The van der Waals surface area contributed by atoms with Crippen molar-refractivity contribution in [2.75, 3.05) is 13.1 Å². The average molecular weight is 286 g/mol. The van der Waals surface area contributed by atoms with Crippen LogP contribution in [0.3, 0.4) is 0 Å². The zero-order chi connectivity index (χ0) is 14.9. The summed E-state index contributed by atoms with van der Waals surface area (Å²) in [6.07, 6.45) is 0.588. The van der Waals surface area contributed by atoms with E-state index in [4.69, 9.17) is 9.68 Å². The first-order valence-electron chi connectivity index (χ1n) is 6.79. The minimum absolute atomic E-state index is 0.290. The molecule has 1 unspecified atom stereocenters. The molecule has 1 atom stereocenters. The third kappa shape index (κ3) is 2.82. The maximum atomic E-state index is 13.0. The first kappa shape index (κ1) is 13.8. The van der Waals surface area contributed by atoms with Gasteiger partial charge in [0, 0.05) is 13.1 Å². The largest absolute Gasteiger partial charge is 0.449 e. The second kappa shape index (κ2) is 5.32. The van der Waals surface area contributed by atoms with E-state index in [0.29, 0.717) is 25.3 Å². The van der Waals surface area contributed by atoms with Crippen LogP contribution in [0.2, 0.25) is 0 Å². The summed E-state index contributed by atoms with van der Waals surface area (Å²) in [5, 5.41) is 19.4. The predicted molar refractivity (Wildman–Crippen MR) is 73.6 cm³/mol. The van der Waals surface area contributed by atoms with Crippen LogP contribution in [0.25, 0.3) is 0 Å². The van der Waals surface area contributed by atoms with Gasteiger partial charge in [-0.3, -0.25) is 4.90 Å². The molecule has 1 aliphatic heterocycles. The second-order valence-corrected chi connectivity index (χ2v) is 5.38. The van der Waals surface area contributed by atoms with E-state index in [1.165, 1.54) is 12.1 Å². The molecular weight excluding hydrogens is 271 g/mol. The summed E-state index contributed by atoms with van der Waals surface area (Å²) in [6, 6.07) is 11.3. The molecule has 1 fully saturated rings. The first-order valence-corrected chi connectivity index (χ1v) is 6.79. The molecular formula is C16H15FN2O2. The van der Waals surface area contributed by atoms with Gasteiger partial charge in [-0.25, -0.2) is 4.39 Å². The van der Waals surface area contributed by atoms with Crippen LogP contribution in [0.4, 0.5) is 4.39 Å². The number of rotatable bonds is 3. The van der Waals surface area contributed by atoms with E-state index in [-0.39, 0.29) is 11.6 Å². The lowest BCUT2D eigenvalue weighted by atomic mass is 9.93. The summed E-state index contributed by atoms with van der Waals surface area (Å²) >= 11 is 0. The summed E-state index contributed by atoms with van der Waals surface area (Å²) < 4.78 is 18.3. The normalized spacial score (nSPS) is 22.3. The Morgan fingerprint density at radius 2 is 2.05 bits per heavy atom. The summed E-state index contributed by atoms with van der Waals surface area (Å²) in [7, 11) is 0. The molecule has 1 aromatic carbocycles. The summed E-state index contributed by atoms with van der Waals surface area (Å²) in [5.74, 6) is 0.685. The molecule has 1 aromatic heterocycles. The molecule has 1 N–H and O–H groups in total. The van der Waals surface area contributed by atoms with E-state index in [9.17, 15) is 9.50 Å². The van der Waals surface area contributed by atoms with E-state index in [1.54, 1.807) is 24.3 Å². The van der Waals surface area contributed by atoms with Gasteiger partial charge in [0.25, 0.3) is 0 Å². The van der Waals surface area contributed by atoms with Crippen LogP contribution in [0.5, 0.6) is 0 Å². The quantitative estimate of drug-likeness (QED) is 0.941. The van der Waals surface area contributed by atoms with Gasteiger partial charge in [-0.05, 0) is 36.2 Å². The Bertz CT molecular complexity index is 674. The predicted octanol–water partition coefficient (Wildman–Crippen LogP) is 2.38. The molecule has 1 aliphatic rings. The molecule has 0 amide bonds. The molecule has 2 aromatic rings. The number of hydrogen-bond acceptors (Lipinski definition) is 4. The average Bonchev–Trinajstić information content (AvgIpc) is 3.08. The van der Waals surface area contributed by atoms with Crippen molar-refractivity contribution in [2.24, 2.45) is 0 Å². The first-order chi connectivity index (χ1) is 10.1. The Kier molecular flexibility index (Phi) is 3.50. The van der Waals surface area contributed by atoms with Gasteiger partial charge in [0.05, 0.1) is 6.54 Å². The van der Waals surface area contributed by atoms with Crippen LogP contribution in [0.15, 0.2) is 40.8 Å². The fourth-order valence-corrected chi connectivity index (χ4v) is 2.75. The Morgan fingerprint density at radius 3 is 2.71 bits per heavy atom. The lowest BCUT2D eigenvalue weighted by Crippen LogP contribution is -2.30. The highest BCUT2D eigenvalue weighted by molar-refractivity contribution is 5.25. The SMILES string of the molecule is N#Cc1ccc(CN2CCC(O)(c3ccc(F)cc3)C2)o1. The van der Waals surface area contributed by atoms with Gasteiger partial charge in [0.1, 0.15) is 23.2 Å². The standard InChI is InChI=1S/C16H15FN2O2/c17-13-3-1-12(2-4-13)16(20)7-8-19(11-16)10-15-6-5-14(9-18)21-15/h1-6,20H,7-8,10-11H2. The number of halogens is 1. The topological polar surface area (TPSA) is 60.4 Å². The second-order valence-electron chi connectivity index (χ2n) is 5.38. The van der Waals surface area contributed by atoms with Gasteiger partial charge in [0.15, 0.2) is 0 Å². The van der Waals surface area contributed by atoms with Crippen LogP contribution in [-0.2, 0) is 12.1 Å². The fraction of sp³-hybridized carbons (Fsp3) is 0.312. The van der Waals surface area contributed by atoms with Crippen molar-refractivity contribution >= 4 is 0 Å². The number of nitriles is 1. The smallest absolute Gasteiger partial charge is 0.203 e. The molecule has 3 rings (SSSR count). The highest BCUT2D eigenvalue weighted by Crippen LogP contribution is 2.32. The summed E-state index contributed by atoms with van der Waals surface area (Å²) in [6.45, 7) is 1.73. The molecule has 0 radical (unpaired) electrons. The van der Waals surface area contributed by atoms with Crippen molar-refractivity contribution in [1.29, 1.82) is 5.26 Å². The van der Waals surface area contributed by atoms with Crippen molar-refractivity contribution in [2.45, 2.75) is 18.6 Å². The third-order valence-corrected chi connectivity index (χ3v) is 3.86. The number of nitrogens with zero attached hydrogens (tertiary/aromatic N) is 2. The maximum Gasteiger partial charge on any atom is 0.203 e. The molecule has 4 nitrogen and oxygen atoms in total. The van der Waals surface area contributed by atoms with Crippen molar-refractivity contribution in [1.82, 2.24) is 4.90 Å². The van der Waals surface area contributed by atoms with Gasteiger partial charge in [0.2, 0.25) is 5.76 Å². The van der Waals surface area contributed by atoms with Crippen LogP contribution >= 0.6 is 0 Å². The Hall–Kier alpha value is -2.16. The number of hydrogen-bond donors (Lipinski definition) is 1. The minimum Gasteiger partial charge on any atom is -0.449 e. The fourth-order valence-electron chi connectivity index (χ4n) is 2.75. The number of benzene rings is 1. The number of aliphatic hydroxyl groups is 1. The van der Waals surface area contributed by atoms with E-state index < -0.39 is 5.60 Å². The number of β-amino-alcohol motifs (C(OH)–C–C–N with tert-alkyl or cyclic N) is 1. The molecule has 2 heterocycles. The molecule has 5 heteroatoms. The highest BCUT2D eigenvalue weighted by Gasteiger charge is 2.37. The van der Waals surface area contributed by atoms with Crippen LogP contribution in [-0.4, -0.2) is 23.1 Å². The molecule has 0 bridgehead atoms. The highest BCUT2D eigenvalue weighted by atomic mass is 19.1. The zero-order valence-electron chi connectivity index (χ0n) is 11.4. The van der Waals surface area contributed by atoms with Crippen molar-refractivity contribution < 1.29 is 13.9 Å². The minimum atomic E-state index is -0.960. The van der Waals surface area contributed by atoms with Gasteiger partial charge in [-0.1, -0.05) is 12.1 Å². The Labute approximate surface area is 122 Å². The van der Waals surface area contributed by atoms with Crippen LogP contribution in [0.1, 0.15) is 23.5 Å². The van der Waals surface area contributed by atoms with E-state index in [0.717, 1.165) is 12.1 Å². The lowest BCUT2D eigenvalue weighted by molar-refractivity contribution is 0.0445. The van der Waals surface area contributed by atoms with Crippen molar-refractivity contribution in [3.8, 4) is 6.07 Å². The number of likely N-dealkylation sites (tertiary alicyclic amines) is 1. The van der Waals surface area contributed by atoms with Gasteiger partial charge in [-0.15, -0.1) is 0 Å². The van der Waals surface area contributed by atoms with Gasteiger partial charge < -0.3 is 9.52 Å². The Morgan fingerprint density at radius 1 is 1.29 bits per heavy atom. The lowest BCUT2D eigenvalue weighted by Gasteiger charge is -2.23. The summed E-state index contributed by atoms with van der Waals surface area (Å²) in [4.78, 5) is 2.06. The van der Waals surface area contributed by atoms with E-state index in [1.807, 2.05) is 6.07 Å². The zero-order valence-corrected chi connectivity index (χ0v) is 11.4. The third-order valence-electron chi connectivity index (χ3n) is 3.86. The van der Waals surface area contributed by atoms with Crippen LogP contribution < -0.4 is 0 Å². The van der Waals surface area contributed by atoms with E-state index >= 15 is 0 Å².